The maximum absolute atomic E-state index is 12.4. The van der Waals surface area contributed by atoms with Gasteiger partial charge in [0.05, 0.1) is 24.5 Å². The molecule has 130 valence electrons. The number of nitrogens with zero attached hydrogens (tertiary/aromatic N) is 4. The Kier molecular flexibility index (Phi) is 4.60. The van der Waals surface area contributed by atoms with E-state index in [9.17, 15) is 13.2 Å². The van der Waals surface area contributed by atoms with Crippen molar-refractivity contribution in [3.63, 3.8) is 0 Å². The normalized spacial score (nSPS) is 16.7. The molecule has 7 nitrogen and oxygen atoms in total. The van der Waals surface area contributed by atoms with Gasteiger partial charge in [0.2, 0.25) is 15.9 Å². The Morgan fingerprint density at radius 2 is 1.92 bits per heavy atom. The van der Waals surface area contributed by atoms with Crippen molar-refractivity contribution in [2.75, 3.05) is 32.4 Å². The molecule has 0 spiro atoms. The number of aryl methyl sites for hydroxylation is 2. The van der Waals surface area contributed by atoms with E-state index >= 15 is 0 Å². The van der Waals surface area contributed by atoms with Crippen LogP contribution in [0.1, 0.15) is 12.0 Å². The van der Waals surface area contributed by atoms with Gasteiger partial charge < -0.3 is 4.90 Å². The van der Waals surface area contributed by atoms with Gasteiger partial charge in [-0.1, -0.05) is 18.2 Å². The maximum Gasteiger partial charge on any atom is 0.224 e. The summed E-state index contributed by atoms with van der Waals surface area (Å²) in [4.78, 5) is 14.1. The van der Waals surface area contributed by atoms with E-state index in [1.807, 2.05) is 36.0 Å². The minimum absolute atomic E-state index is 0.0420. The van der Waals surface area contributed by atoms with Crippen LogP contribution in [0.15, 0.2) is 24.4 Å². The number of rotatable bonds is 4. The SMILES string of the molecule is Cc1cccc2cnn(CCC(=O)N3CCN(S(C)(=O)=O)CC3)c12. The number of piperazine rings is 1. The first-order chi connectivity index (χ1) is 11.4. The van der Waals surface area contributed by atoms with Gasteiger partial charge in [-0.05, 0) is 12.5 Å². The summed E-state index contributed by atoms with van der Waals surface area (Å²) in [5.41, 5.74) is 2.20. The zero-order chi connectivity index (χ0) is 17.3. The van der Waals surface area contributed by atoms with E-state index in [0.29, 0.717) is 39.1 Å². The van der Waals surface area contributed by atoms with Gasteiger partial charge in [-0.15, -0.1) is 0 Å². The highest BCUT2D eigenvalue weighted by molar-refractivity contribution is 7.88. The van der Waals surface area contributed by atoms with E-state index in [-0.39, 0.29) is 5.91 Å². The second kappa shape index (κ2) is 6.52. The van der Waals surface area contributed by atoms with Crippen molar-refractivity contribution < 1.29 is 13.2 Å². The first kappa shape index (κ1) is 16.9. The van der Waals surface area contributed by atoms with Gasteiger partial charge in [-0.2, -0.15) is 9.40 Å². The van der Waals surface area contributed by atoms with Gasteiger partial charge in [0.1, 0.15) is 0 Å². The summed E-state index contributed by atoms with van der Waals surface area (Å²) in [5, 5.41) is 5.45. The van der Waals surface area contributed by atoms with Crippen molar-refractivity contribution in [2.45, 2.75) is 19.9 Å². The van der Waals surface area contributed by atoms with Gasteiger partial charge in [0, 0.05) is 38.0 Å². The van der Waals surface area contributed by atoms with E-state index in [2.05, 4.69) is 5.10 Å². The molecule has 1 saturated heterocycles. The van der Waals surface area contributed by atoms with E-state index in [0.717, 1.165) is 16.5 Å². The van der Waals surface area contributed by atoms with Crippen LogP contribution < -0.4 is 0 Å². The fourth-order valence-electron chi connectivity index (χ4n) is 3.13. The van der Waals surface area contributed by atoms with Gasteiger partial charge in [0.15, 0.2) is 0 Å². The topological polar surface area (TPSA) is 75.5 Å². The number of amides is 1. The molecular formula is C16H22N4O3S. The fourth-order valence-corrected chi connectivity index (χ4v) is 3.95. The number of hydrogen-bond donors (Lipinski definition) is 0. The van der Waals surface area contributed by atoms with Crippen LogP contribution in [-0.2, 0) is 21.4 Å². The highest BCUT2D eigenvalue weighted by Gasteiger charge is 2.25. The zero-order valence-electron chi connectivity index (χ0n) is 14.0. The standard InChI is InChI=1S/C16H22N4O3S/c1-13-4-3-5-14-12-17-20(16(13)14)7-6-15(21)18-8-10-19(11-9-18)24(2,22)23/h3-5,12H,6-11H2,1-2H3. The monoisotopic (exact) mass is 350 g/mol. The molecule has 0 saturated carbocycles. The number of hydrogen-bond acceptors (Lipinski definition) is 4. The van der Waals surface area contributed by atoms with Crippen molar-refractivity contribution in [2.24, 2.45) is 0 Å². The second-order valence-electron chi connectivity index (χ2n) is 6.17. The highest BCUT2D eigenvalue weighted by atomic mass is 32.2. The molecule has 24 heavy (non-hydrogen) atoms. The van der Waals surface area contributed by atoms with Crippen molar-refractivity contribution in [3.8, 4) is 0 Å². The quantitative estimate of drug-likeness (QED) is 0.819. The molecule has 1 aromatic heterocycles. The smallest absolute Gasteiger partial charge is 0.224 e. The third-order valence-corrected chi connectivity index (χ3v) is 5.76. The third kappa shape index (κ3) is 3.44. The Balaban J connectivity index is 1.60. The Hall–Kier alpha value is -1.93. The largest absolute Gasteiger partial charge is 0.340 e. The number of benzene rings is 1. The van der Waals surface area contributed by atoms with Gasteiger partial charge in [-0.25, -0.2) is 8.42 Å². The number of aromatic nitrogens is 2. The number of para-hydroxylation sites is 1. The van der Waals surface area contributed by atoms with Crippen molar-refractivity contribution in [1.29, 1.82) is 0 Å². The Morgan fingerprint density at radius 3 is 2.58 bits per heavy atom. The molecule has 1 aliphatic heterocycles. The molecule has 3 rings (SSSR count). The first-order valence-corrected chi connectivity index (χ1v) is 9.85. The molecule has 8 heteroatoms. The van der Waals surface area contributed by atoms with Crippen molar-refractivity contribution >= 4 is 26.8 Å². The minimum atomic E-state index is -3.17. The lowest BCUT2D eigenvalue weighted by atomic mass is 10.2. The summed E-state index contributed by atoms with van der Waals surface area (Å²) < 4.78 is 26.3. The van der Waals surface area contributed by atoms with Gasteiger partial charge in [0.25, 0.3) is 0 Å². The molecule has 0 bridgehead atoms. The van der Waals surface area contributed by atoms with Crippen LogP contribution in [0.3, 0.4) is 0 Å². The molecule has 0 radical (unpaired) electrons. The lowest BCUT2D eigenvalue weighted by Crippen LogP contribution is -2.50. The summed E-state index contributed by atoms with van der Waals surface area (Å²) in [6.07, 6.45) is 3.39. The van der Waals surface area contributed by atoms with Crippen molar-refractivity contribution in [1.82, 2.24) is 19.0 Å². The van der Waals surface area contributed by atoms with E-state index < -0.39 is 10.0 Å². The molecule has 0 atom stereocenters. The predicted octanol–water partition coefficient (Wildman–Crippen LogP) is 0.839. The third-order valence-electron chi connectivity index (χ3n) is 4.46. The molecule has 1 aliphatic rings. The number of carbonyl (C=O) groups is 1. The predicted molar refractivity (Wildman–Crippen MR) is 92.1 cm³/mol. The number of fused-ring (bicyclic) bond motifs is 1. The molecule has 1 amide bonds. The Labute approximate surface area is 141 Å². The number of sulfonamides is 1. The van der Waals surface area contributed by atoms with Crippen LogP contribution in [0.2, 0.25) is 0 Å². The molecule has 0 aliphatic carbocycles. The van der Waals surface area contributed by atoms with Crippen molar-refractivity contribution in [3.05, 3.63) is 30.0 Å². The van der Waals surface area contributed by atoms with Crippen LogP contribution in [-0.4, -0.2) is 65.7 Å². The maximum atomic E-state index is 12.4. The molecule has 1 aromatic carbocycles. The molecule has 0 N–H and O–H groups in total. The fraction of sp³-hybridized carbons (Fsp3) is 0.500. The van der Waals surface area contributed by atoms with E-state index in [1.165, 1.54) is 10.6 Å². The summed E-state index contributed by atoms with van der Waals surface area (Å²) in [6, 6.07) is 6.04. The lowest BCUT2D eigenvalue weighted by Gasteiger charge is -2.33. The summed E-state index contributed by atoms with van der Waals surface area (Å²) in [5.74, 6) is 0.0420. The summed E-state index contributed by atoms with van der Waals surface area (Å²) in [7, 11) is -3.17. The van der Waals surface area contributed by atoms with Crippen LogP contribution in [0.5, 0.6) is 0 Å². The van der Waals surface area contributed by atoms with Crippen LogP contribution in [0, 0.1) is 6.92 Å². The average molecular weight is 350 g/mol. The van der Waals surface area contributed by atoms with Crippen LogP contribution >= 0.6 is 0 Å². The summed E-state index contributed by atoms with van der Waals surface area (Å²) in [6.45, 7) is 4.20. The van der Waals surface area contributed by atoms with E-state index in [1.54, 1.807) is 4.90 Å². The second-order valence-corrected chi connectivity index (χ2v) is 8.16. The lowest BCUT2D eigenvalue weighted by molar-refractivity contribution is -0.132. The van der Waals surface area contributed by atoms with Crippen LogP contribution in [0.4, 0.5) is 0 Å². The van der Waals surface area contributed by atoms with Gasteiger partial charge >= 0.3 is 0 Å². The molecule has 0 unspecified atom stereocenters. The first-order valence-electron chi connectivity index (χ1n) is 8.00. The average Bonchev–Trinajstić information content (AvgIpc) is 2.96. The molecule has 2 heterocycles. The van der Waals surface area contributed by atoms with Gasteiger partial charge in [-0.3, -0.25) is 9.48 Å². The molecule has 2 aromatic rings. The van der Waals surface area contributed by atoms with E-state index in [4.69, 9.17) is 0 Å². The number of carbonyl (C=O) groups excluding carboxylic acids is 1. The Bertz CT molecular complexity index is 851. The minimum Gasteiger partial charge on any atom is -0.340 e. The summed E-state index contributed by atoms with van der Waals surface area (Å²) >= 11 is 0. The highest BCUT2D eigenvalue weighted by Crippen LogP contribution is 2.18. The zero-order valence-corrected chi connectivity index (χ0v) is 14.8. The molecular weight excluding hydrogens is 328 g/mol. The molecule has 1 fully saturated rings. The van der Waals surface area contributed by atoms with Crippen LogP contribution in [0.25, 0.3) is 10.9 Å². The Morgan fingerprint density at radius 1 is 1.21 bits per heavy atom.